The van der Waals surface area contributed by atoms with Gasteiger partial charge in [-0.05, 0) is 45.8 Å². The first kappa shape index (κ1) is 14.6. The Morgan fingerprint density at radius 1 is 1.21 bits per heavy atom. The van der Waals surface area contributed by atoms with Crippen molar-refractivity contribution in [2.24, 2.45) is 0 Å². The molecule has 1 atom stereocenters. The summed E-state index contributed by atoms with van der Waals surface area (Å²) < 4.78 is 38.7. The molecule has 0 saturated heterocycles. The lowest BCUT2D eigenvalue weighted by atomic mass is 10.0. The fraction of sp³-hybridized carbons (Fsp3) is 0.231. The van der Waals surface area contributed by atoms with Gasteiger partial charge in [0.1, 0.15) is 0 Å². The van der Waals surface area contributed by atoms with Gasteiger partial charge in [0.15, 0.2) is 0 Å². The van der Waals surface area contributed by atoms with Gasteiger partial charge in [0.25, 0.3) is 0 Å². The maximum atomic E-state index is 12.6. The van der Waals surface area contributed by atoms with E-state index in [1.54, 1.807) is 0 Å². The average Bonchev–Trinajstić information content (AvgIpc) is 2.74. The number of aliphatic hydroxyl groups excluding tert-OH is 1. The van der Waals surface area contributed by atoms with E-state index >= 15 is 0 Å². The molecular weight excluding hydrogens is 341 g/mol. The molecule has 0 bridgehead atoms. The molecule has 102 valence electrons. The minimum atomic E-state index is -4.39. The molecule has 0 aliphatic rings. The number of rotatable bonds is 3. The predicted octanol–water partition coefficient (Wildman–Crippen LogP) is 4.81. The van der Waals surface area contributed by atoms with Crippen molar-refractivity contribution >= 4 is 27.3 Å². The van der Waals surface area contributed by atoms with E-state index in [9.17, 15) is 18.3 Å². The van der Waals surface area contributed by atoms with Crippen LogP contribution in [0.2, 0.25) is 0 Å². The van der Waals surface area contributed by atoms with Crippen molar-refractivity contribution in [3.63, 3.8) is 0 Å². The van der Waals surface area contributed by atoms with E-state index in [1.807, 2.05) is 12.1 Å². The highest BCUT2D eigenvalue weighted by atomic mass is 79.9. The van der Waals surface area contributed by atoms with Gasteiger partial charge in [0, 0.05) is 11.3 Å². The summed E-state index contributed by atoms with van der Waals surface area (Å²) >= 11 is 4.76. The van der Waals surface area contributed by atoms with Crippen LogP contribution >= 0.6 is 27.3 Å². The van der Waals surface area contributed by atoms with Gasteiger partial charge in [-0.3, -0.25) is 0 Å². The Morgan fingerprint density at radius 3 is 2.53 bits per heavy atom. The minimum absolute atomic E-state index is 0.277. The third kappa shape index (κ3) is 3.81. The summed E-state index contributed by atoms with van der Waals surface area (Å²) in [5.41, 5.74) is -0.462. The molecule has 1 aromatic heterocycles. The lowest BCUT2D eigenvalue weighted by Gasteiger charge is -2.13. The SMILES string of the molecule is OC(Cc1ccc(Br)s1)c1cccc(C(F)(F)F)c1. The molecule has 0 aliphatic carbocycles. The van der Waals surface area contributed by atoms with Crippen LogP contribution in [0.25, 0.3) is 0 Å². The molecule has 1 aromatic carbocycles. The Kier molecular flexibility index (Phi) is 4.32. The van der Waals surface area contributed by atoms with Crippen LogP contribution in [0.1, 0.15) is 22.1 Å². The molecule has 0 aliphatic heterocycles. The van der Waals surface area contributed by atoms with E-state index < -0.39 is 17.8 Å². The summed E-state index contributed by atoms with van der Waals surface area (Å²) in [5.74, 6) is 0. The second-order valence-corrected chi connectivity index (χ2v) is 6.60. The molecule has 2 rings (SSSR count). The number of thiophene rings is 1. The van der Waals surface area contributed by atoms with E-state index in [1.165, 1.54) is 23.5 Å². The summed E-state index contributed by atoms with van der Waals surface area (Å²) in [6, 6.07) is 8.49. The monoisotopic (exact) mass is 350 g/mol. The number of benzene rings is 1. The van der Waals surface area contributed by atoms with Crippen molar-refractivity contribution in [2.75, 3.05) is 0 Å². The molecule has 0 radical (unpaired) electrons. The number of hydrogen-bond donors (Lipinski definition) is 1. The van der Waals surface area contributed by atoms with Crippen molar-refractivity contribution in [3.05, 3.63) is 56.2 Å². The van der Waals surface area contributed by atoms with E-state index in [0.29, 0.717) is 6.42 Å². The molecule has 0 fully saturated rings. The highest BCUT2D eigenvalue weighted by Crippen LogP contribution is 2.32. The normalized spacial score (nSPS) is 13.5. The zero-order valence-corrected chi connectivity index (χ0v) is 12.0. The van der Waals surface area contributed by atoms with Crippen molar-refractivity contribution in [1.82, 2.24) is 0 Å². The van der Waals surface area contributed by atoms with Gasteiger partial charge in [0.2, 0.25) is 0 Å². The zero-order chi connectivity index (χ0) is 14.0. The standard InChI is InChI=1S/C13H10BrF3OS/c14-12-5-4-10(19-12)7-11(18)8-2-1-3-9(6-8)13(15,16)17/h1-6,11,18H,7H2. The Hall–Kier alpha value is -0.850. The molecule has 0 spiro atoms. The largest absolute Gasteiger partial charge is 0.416 e. The molecule has 0 amide bonds. The second kappa shape index (κ2) is 5.64. The topological polar surface area (TPSA) is 20.2 Å². The van der Waals surface area contributed by atoms with Crippen LogP contribution in [0, 0.1) is 0 Å². The van der Waals surface area contributed by atoms with Crippen LogP contribution in [-0.4, -0.2) is 5.11 Å². The lowest BCUT2D eigenvalue weighted by Crippen LogP contribution is -2.07. The van der Waals surface area contributed by atoms with Crippen LogP contribution in [0.15, 0.2) is 40.2 Å². The molecular formula is C13H10BrF3OS. The maximum Gasteiger partial charge on any atom is 0.416 e. The van der Waals surface area contributed by atoms with E-state index in [4.69, 9.17) is 0 Å². The smallest absolute Gasteiger partial charge is 0.388 e. The molecule has 1 unspecified atom stereocenters. The van der Waals surface area contributed by atoms with Gasteiger partial charge in [0.05, 0.1) is 15.5 Å². The summed E-state index contributed by atoms with van der Waals surface area (Å²) in [4.78, 5) is 0.914. The van der Waals surface area contributed by atoms with E-state index in [0.717, 1.165) is 20.8 Å². The van der Waals surface area contributed by atoms with Crippen molar-refractivity contribution < 1.29 is 18.3 Å². The third-order valence-electron chi connectivity index (χ3n) is 2.62. The van der Waals surface area contributed by atoms with Crippen LogP contribution in [0.5, 0.6) is 0 Å². The predicted molar refractivity (Wildman–Crippen MR) is 72.1 cm³/mol. The highest BCUT2D eigenvalue weighted by Gasteiger charge is 2.30. The van der Waals surface area contributed by atoms with Gasteiger partial charge in [-0.25, -0.2) is 0 Å². The van der Waals surface area contributed by atoms with Crippen LogP contribution < -0.4 is 0 Å². The highest BCUT2D eigenvalue weighted by molar-refractivity contribution is 9.11. The summed E-state index contributed by atoms with van der Waals surface area (Å²) in [6.45, 7) is 0. The van der Waals surface area contributed by atoms with Crippen molar-refractivity contribution in [1.29, 1.82) is 0 Å². The number of halogens is 4. The Labute approximate surface area is 120 Å². The number of aliphatic hydroxyl groups is 1. The summed E-state index contributed by atoms with van der Waals surface area (Å²) in [5, 5.41) is 10.00. The summed E-state index contributed by atoms with van der Waals surface area (Å²) in [6.07, 6.45) is -5.02. The minimum Gasteiger partial charge on any atom is -0.388 e. The van der Waals surface area contributed by atoms with E-state index in [2.05, 4.69) is 15.9 Å². The lowest BCUT2D eigenvalue weighted by molar-refractivity contribution is -0.137. The summed E-state index contributed by atoms with van der Waals surface area (Å²) in [7, 11) is 0. The number of hydrogen-bond acceptors (Lipinski definition) is 2. The van der Waals surface area contributed by atoms with Crippen LogP contribution in [-0.2, 0) is 12.6 Å². The fourth-order valence-corrected chi connectivity index (χ4v) is 3.21. The number of alkyl halides is 3. The van der Waals surface area contributed by atoms with E-state index in [-0.39, 0.29) is 5.56 Å². The maximum absolute atomic E-state index is 12.6. The van der Waals surface area contributed by atoms with Crippen molar-refractivity contribution in [3.8, 4) is 0 Å². The van der Waals surface area contributed by atoms with Gasteiger partial charge < -0.3 is 5.11 Å². The van der Waals surface area contributed by atoms with Crippen LogP contribution in [0.4, 0.5) is 13.2 Å². The Bertz CT molecular complexity index is 565. The molecule has 0 saturated carbocycles. The molecule has 1 nitrogen and oxygen atoms in total. The van der Waals surface area contributed by atoms with Gasteiger partial charge >= 0.3 is 6.18 Å². The first-order valence-electron chi connectivity index (χ1n) is 5.45. The molecule has 19 heavy (non-hydrogen) atoms. The molecule has 2 aromatic rings. The Balaban J connectivity index is 2.17. The van der Waals surface area contributed by atoms with Crippen LogP contribution in [0.3, 0.4) is 0 Å². The van der Waals surface area contributed by atoms with Gasteiger partial charge in [-0.2, -0.15) is 13.2 Å². The first-order chi connectivity index (χ1) is 8.86. The molecule has 6 heteroatoms. The van der Waals surface area contributed by atoms with Gasteiger partial charge in [-0.15, -0.1) is 11.3 Å². The van der Waals surface area contributed by atoms with Gasteiger partial charge in [-0.1, -0.05) is 12.1 Å². The third-order valence-corrected chi connectivity index (χ3v) is 4.27. The second-order valence-electron chi connectivity index (χ2n) is 4.05. The fourth-order valence-electron chi connectivity index (χ4n) is 1.69. The van der Waals surface area contributed by atoms with Crippen molar-refractivity contribution in [2.45, 2.75) is 18.7 Å². The molecule has 1 N–H and O–H groups in total. The first-order valence-corrected chi connectivity index (χ1v) is 7.06. The molecule has 1 heterocycles. The average molecular weight is 351 g/mol. The zero-order valence-electron chi connectivity index (χ0n) is 9.62. The quantitative estimate of drug-likeness (QED) is 0.842. The Morgan fingerprint density at radius 2 is 1.95 bits per heavy atom.